The van der Waals surface area contributed by atoms with Gasteiger partial charge >= 0.3 is 0 Å². The molecular formula is C43H26BN3O2. The molecule has 4 heterocycles. The third kappa shape index (κ3) is 3.80. The Hall–Kier alpha value is -6.53. The molecule has 2 aromatic heterocycles. The van der Waals surface area contributed by atoms with E-state index in [1.807, 2.05) is 18.2 Å². The van der Waals surface area contributed by atoms with Gasteiger partial charge in [0, 0.05) is 33.2 Å². The van der Waals surface area contributed by atoms with Gasteiger partial charge in [-0.1, -0.05) is 84.9 Å². The number of hydrogen-bond acceptors (Lipinski definition) is 3. The van der Waals surface area contributed by atoms with E-state index in [0.717, 1.165) is 78.7 Å². The fourth-order valence-electron chi connectivity index (χ4n) is 7.96. The van der Waals surface area contributed by atoms with Gasteiger partial charge in [0.25, 0.3) is 6.71 Å². The lowest BCUT2D eigenvalue weighted by Gasteiger charge is -2.33. The molecule has 2 aliphatic rings. The van der Waals surface area contributed by atoms with Crippen LogP contribution in [-0.4, -0.2) is 20.8 Å². The van der Waals surface area contributed by atoms with Crippen LogP contribution in [0.15, 0.2) is 158 Å². The van der Waals surface area contributed by atoms with Crippen LogP contribution < -0.4 is 25.9 Å². The first-order chi connectivity index (χ1) is 24.3. The number of imidazole rings is 1. The van der Waals surface area contributed by atoms with Crippen molar-refractivity contribution in [1.29, 1.82) is 0 Å². The molecule has 9 aromatic rings. The predicted molar refractivity (Wildman–Crippen MR) is 199 cm³/mol. The first-order valence-electron chi connectivity index (χ1n) is 16.6. The Kier molecular flexibility index (Phi) is 5.41. The number of fused-ring (bicyclic) bond motifs is 8. The van der Waals surface area contributed by atoms with Gasteiger partial charge in [0.05, 0.1) is 22.1 Å². The minimum atomic E-state index is 0.0251. The normalized spacial score (nSPS) is 12.8. The van der Waals surface area contributed by atoms with Gasteiger partial charge in [0.2, 0.25) is 0 Å². The SMILES string of the molecule is c1ccc(-n2c3ccccc3c3cc(-n4c(-c5cc6c7c(c5)Oc5ccccc5B7c5ccccc5O6)nc5ccccc54)ccc32)cc1. The molecule has 0 atom stereocenters. The van der Waals surface area contributed by atoms with Crippen molar-refractivity contribution in [3.05, 3.63) is 158 Å². The highest BCUT2D eigenvalue weighted by molar-refractivity contribution is 6.98. The quantitative estimate of drug-likeness (QED) is 0.185. The van der Waals surface area contributed by atoms with Crippen molar-refractivity contribution >= 4 is 55.9 Å². The molecule has 0 spiro atoms. The first-order valence-corrected chi connectivity index (χ1v) is 16.6. The standard InChI is InChI=1S/C43H26BN3O2/c1-2-12-28(13-3-1)46-35-18-8-4-14-30(35)31-26-29(22-23-36(31)46)47-37-19-9-7-17-34(37)45-43(47)27-24-40-42-41(25-27)49-39-21-11-6-16-33(39)44(42)32-15-5-10-20-38(32)48-40/h1-26H. The van der Waals surface area contributed by atoms with E-state index < -0.39 is 0 Å². The Labute approximate surface area is 282 Å². The predicted octanol–water partition coefficient (Wildman–Crippen LogP) is 8.52. The van der Waals surface area contributed by atoms with E-state index in [-0.39, 0.29) is 6.71 Å². The minimum Gasteiger partial charge on any atom is -0.458 e. The monoisotopic (exact) mass is 627 g/mol. The molecular weight excluding hydrogens is 601 g/mol. The summed E-state index contributed by atoms with van der Waals surface area (Å²) in [4.78, 5) is 5.25. The zero-order chi connectivity index (χ0) is 32.1. The van der Waals surface area contributed by atoms with E-state index in [4.69, 9.17) is 14.5 Å². The summed E-state index contributed by atoms with van der Waals surface area (Å²) < 4.78 is 17.9. The smallest absolute Gasteiger partial charge is 0.260 e. The lowest BCUT2D eigenvalue weighted by atomic mass is 9.35. The molecule has 0 unspecified atom stereocenters. The van der Waals surface area contributed by atoms with Gasteiger partial charge in [-0.3, -0.25) is 4.57 Å². The Morgan fingerprint density at radius 3 is 1.82 bits per heavy atom. The molecule has 2 aliphatic heterocycles. The fraction of sp³-hybridized carbons (Fsp3) is 0. The van der Waals surface area contributed by atoms with Crippen LogP contribution in [0.3, 0.4) is 0 Å². The van der Waals surface area contributed by atoms with Gasteiger partial charge in [-0.05, 0) is 83.7 Å². The number of aromatic nitrogens is 3. The van der Waals surface area contributed by atoms with Crippen molar-refractivity contribution in [2.24, 2.45) is 0 Å². The maximum absolute atomic E-state index is 6.65. The first kappa shape index (κ1) is 26.5. The molecule has 0 fully saturated rings. The van der Waals surface area contributed by atoms with Gasteiger partial charge < -0.3 is 14.0 Å². The molecule has 6 heteroatoms. The minimum absolute atomic E-state index is 0.0251. The Balaban J connectivity index is 1.15. The topological polar surface area (TPSA) is 41.2 Å². The third-order valence-electron chi connectivity index (χ3n) is 10.0. The molecule has 0 N–H and O–H groups in total. The van der Waals surface area contributed by atoms with Crippen LogP contribution in [0.5, 0.6) is 23.0 Å². The van der Waals surface area contributed by atoms with Crippen LogP contribution in [0.25, 0.3) is 55.6 Å². The van der Waals surface area contributed by atoms with Crippen molar-refractivity contribution in [3.8, 4) is 45.8 Å². The fourth-order valence-corrected chi connectivity index (χ4v) is 7.96. The maximum Gasteiger partial charge on any atom is 0.260 e. The lowest BCUT2D eigenvalue weighted by Crippen LogP contribution is -2.57. The van der Waals surface area contributed by atoms with Crippen molar-refractivity contribution in [2.75, 3.05) is 0 Å². The zero-order valence-corrected chi connectivity index (χ0v) is 26.2. The lowest BCUT2D eigenvalue weighted by molar-refractivity contribution is 0.465. The van der Waals surface area contributed by atoms with Crippen molar-refractivity contribution in [3.63, 3.8) is 0 Å². The van der Waals surface area contributed by atoms with E-state index in [1.54, 1.807) is 0 Å². The highest BCUT2D eigenvalue weighted by Gasteiger charge is 2.40. The van der Waals surface area contributed by atoms with Crippen LogP contribution in [0.2, 0.25) is 0 Å². The average Bonchev–Trinajstić information content (AvgIpc) is 3.71. The van der Waals surface area contributed by atoms with Crippen LogP contribution >= 0.6 is 0 Å². The molecule has 0 saturated carbocycles. The number of nitrogens with zero attached hydrogens (tertiary/aromatic N) is 3. The van der Waals surface area contributed by atoms with Gasteiger partial charge in [0.1, 0.15) is 28.8 Å². The van der Waals surface area contributed by atoms with Crippen molar-refractivity contribution in [2.45, 2.75) is 0 Å². The summed E-state index contributed by atoms with van der Waals surface area (Å²) >= 11 is 0. The second-order valence-electron chi connectivity index (χ2n) is 12.7. The van der Waals surface area contributed by atoms with Crippen molar-refractivity contribution in [1.82, 2.24) is 14.1 Å². The van der Waals surface area contributed by atoms with Crippen LogP contribution in [0, 0.1) is 0 Å². The summed E-state index contributed by atoms with van der Waals surface area (Å²) in [7, 11) is 0. The van der Waals surface area contributed by atoms with E-state index >= 15 is 0 Å². The van der Waals surface area contributed by atoms with E-state index in [2.05, 4.69) is 149 Å². The molecule has 5 nitrogen and oxygen atoms in total. The summed E-state index contributed by atoms with van der Waals surface area (Å²) in [6, 6.07) is 55.2. The molecule has 7 aromatic carbocycles. The number of rotatable bonds is 3. The van der Waals surface area contributed by atoms with Crippen LogP contribution in [0.1, 0.15) is 0 Å². The van der Waals surface area contributed by atoms with E-state index in [0.29, 0.717) is 0 Å². The summed E-state index contributed by atoms with van der Waals surface area (Å²) in [6.07, 6.45) is 0. The Morgan fingerprint density at radius 2 is 1.06 bits per heavy atom. The maximum atomic E-state index is 6.65. The zero-order valence-electron chi connectivity index (χ0n) is 26.2. The second-order valence-corrected chi connectivity index (χ2v) is 12.7. The number of benzene rings is 7. The summed E-state index contributed by atoms with van der Waals surface area (Å²) in [6.45, 7) is 0.0251. The molecule has 0 bridgehead atoms. The highest BCUT2D eigenvalue weighted by atomic mass is 16.5. The molecule has 0 saturated heterocycles. The molecule has 49 heavy (non-hydrogen) atoms. The van der Waals surface area contributed by atoms with Gasteiger partial charge in [-0.25, -0.2) is 4.98 Å². The van der Waals surface area contributed by atoms with Crippen LogP contribution in [0.4, 0.5) is 0 Å². The second kappa shape index (κ2) is 9.99. The summed E-state index contributed by atoms with van der Waals surface area (Å²) in [5, 5.41) is 2.39. The van der Waals surface area contributed by atoms with Gasteiger partial charge in [-0.2, -0.15) is 0 Å². The van der Waals surface area contributed by atoms with E-state index in [1.165, 1.54) is 16.3 Å². The van der Waals surface area contributed by atoms with E-state index in [9.17, 15) is 0 Å². The molecule has 228 valence electrons. The molecule has 0 aliphatic carbocycles. The summed E-state index contributed by atoms with van der Waals surface area (Å²) in [5.41, 5.74) is 10.7. The summed E-state index contributed by atoms with van der Waals surface area (Å²) in [5.74, 6) is 4.16. The number of ether oxygens (including phenoxy) is 2. The molecule has 11 rings (SSSR count). The number of hydrogen-bond donors (Lipinski definition) is 0. The molecule has 0 amide bonds. The third-order valence-corrected chi connectivity index (χ3v) is 10.0. The van der Waals surface area contributed by atoms with Gasteiger partial charge in [0.15, 0.2) is 0 Å². The average molecular weight is 628 g/mol. The van der Waals surface area contributed by atoms with Crippen molar-refractivity contribution < 1.29 is 9.47 Å². The Morgan fingerprint density at radius 1 is 0.449 bits per heavy atom. The van der Waals surface area contributed by atoms with Crippen LogP contribution in [-0.2, 0) is 0 Å². The Bertz CT molecular complexity index is 2730. The van der Waals surface area contributed by atoms with Gasteiger partial charge in [-0.15, -0.1) is 0 Å². The highest BCUT2D eigenvalue weighted by Crippen LogP contribution is 2.40. The largest absolute Gasteiger partial charge is 0.458 e. The number of para-hydroxylation sites is 6. The molecule has 0 radical (unpaired) electrons.